The monoisotopic (exact) mass is 259 g/mol. The minimum Gasteiger partial charge on any atom is -0.409 e. The van der Waals surface area contributed by atoms with E-state index >= 15 is 0 Å². The van der Waals surface area contributed by atoms with Crippen molar-refractivity contribution in [2.45, 2.75) is 6.92 Å². The second-order valence-corrected chi connectivity index (χ2v) is 3.94. The normalized spacial score (nSPS) is 11.3. The van der Waals surface area contributed by atoms with Crippen LogP contribution in [0.2, 0.25) is 0 Å². The van der Waals surface area contributed by atoms with Gasteiger partial charge in [0.05, 0.1) is 0 Å². The maximum Gasteiger partial charge on any atom is 0.273 e. The standard InChI is InChI=1S/C12H13N5O2/c1-7-2-3-8(11(13)17-19)6-10(7)15-12(18)9-4-5-14-16-9/h2-6,19H,1H3,(H2,13,17)(H,14,16)(H,15,18). The molecular weight excluding hydrogens is 246 g/mol. The molecule has 19 heavy (non-hydrogen) atoms. The molecule has 7 heteroatoms. The van der Waals surface area contributed by atoms with Crippen LogP contribution in [0.1, 0.15) is 21.6 Å². The maximum absolute atomic E-state index is 11.9. The zero-order chi connectivity index (χ0) is 13.8. The first-order valence-electron chi connectivity index (χ1n) is 5.51. The highest BCUT2D eigenvalue weighted by molar-refractivity contribution is 6.04. The van der Waals surface area contributed by atoms with Gasteiger partial charge >= 0.3 is 0 Å². The highest BCUT2D eigenvalue weighted by Gasteiger charge is 2.10. The largest absolute Gasteiger partial charge is 0.409 e. The molecule has 5 N–H and O–H groups in total. The van der Waals surface area contributed by atoms with E-state index in [1.807, 2.05) is 6.92 Å². The zero-order valence-electron chi connectivity index (χ0n) is 10.2. The third-order valence-corrected chi connectivity index (χ3v) is 2.63. The Balaban J connectivity index is 2.27. The first kappa shape index (κ1) is 12.6. The van der Waals surface area contributed by atoms with Crippen LogP contribution in [0.15, 0.2) is 35.6 Å². The molecule has 0 saturated heterocycles. The fraction of sp³-hybridized carbons (Fsp3) is 0.0833. The molecule has 1 amide bonds. The maximum atomic E-state index is 11.9. The average molecular weight is 259 g/mol. The first-order valence-corrected chi connectivity index (χ1v) is 5.51. The molecule has 0 unspecified atom stereocenters. The summed E-state index contributed by atoms with van der Waals surface area (Å²) in [4.78, 5) is 11.9. The minimum atomic E-state index is -0.308. The van der Waals surface area contributed by atoms with E-state index in [0.717, 1.165) is 5.56 Å². The molecule has 98 valence electrons. The second kappa shape index (κ2) is 5.21. The Labute approximate surface area is 109 Å². The summed E-state index contributed by atoms with van der Waals surface area (Å²) in [5.41, 5.74) is 7.84. The molecule has 0 aliphatic heterocycles. The Bertz CT molecular complexity index is 619. The zero-order valence-corrected chi connectivity index (χ0v) is 10.2. The molecule has 0 radical (unpaired) electrons. The summed E-state index contributed by atoms with van der Waals surface area (Å²) >= 11 is 0. The van der Waals surface area contributed by atoms with Crippen molar-refractivity contribution in [2.75, 3.05) is 5.32 Å². The summed E-state index contributed by atoms with van der Waals surface area (Å²) in [5, 5.41) is 20.6. The fourth-order valence-electron chi connectivity index (χ4n) is 1.55. The number of nitrogens with one attached hydrogen (secondary N) is 2. The number of amides is 1. The van der Waals surface area contributed by atoms with Crippen molar-refractivity contribution in [2.24, 2.45) is 10.9 Å². The fourth-order valence-corrected chi connectivity index (χ4v) is 1.55. The van der Waals surface area contributed by atoms with Gasteiger partial charge in [-0.2, -0.15) is 5.10 Å². The number of amidine groups is 1. The van der Waals surface area contributed by atoms with E-state index in [2.05, 4.69) is 20.7 Å². The Morgan fingerprint density at radius 1 is 1.47 bits per heavy atom. The molecule has 0 spiro atoms. The lowest BCUT2D eigenvalue weighted by molar-refractivity contribution is 0.102. The number of oxime groups is 1. The van der Waals surface area contributed by atoms with Gasteiger partial charge in [-0.25, -0.2) is 0 Å². The minimum absolute atomic E-state index is 0.0166. The number of carbonyl (C=O) groups is 1. The number of carbonyl (C=O) groups excluding carboxylic acids is 1. The molecule has 0 aliphatic carbocycles. The second-order valence-electron chi connectivity index (χ2n) is 3.94. The molecule has 1 aromatic carbocycles. The van der Waals surface area contributed by atoms with Gasteiger partial charge in [0.2, 0.25) is 0 Å². The number of H-pyrrole nitrogens is 1. The van der Waals surface area contributed by atoms with Gasteiger partial charge in [-0.1, -0.05) is 17.3 Å². The third-order valence-electron chi connectivity index (χ3n) is 2.63. The number of anilines is 1. The van der Waals surface area contributed by atoms with Gasteiger partial charge in [0.15, 0.2) is 5.84 Å². The highest BCUT2D eigenvalue weighted by Crippen LogP contribution is 2.17. The molecule has 2 rings (SSSR count). The molecule has 0 saturated carbocycles. The SMILES string of the molecule is Cc1ccc(C(N)=NO)cc1NC(=O)c1ccn[nH]1. The highest BCUT2D eigenvalue weighted by atomic mass is 16.4. The number of nitrogens with zero attached hydrogens (tertiary/aromatic N) is 2. The lowest BCUT2D eigenvalue weighted by atomic mass is 10.1. The van der Waals surface area contributed by atoms with E-state index in [-0.39, 0.29) is 11.7 Å². The van der Waals surface area contributed by atoms with Gasteiger partial charge in [0.25, 0.3) is 5.91 Å². The molecule has 0 fully saturated rings. The lowest BCUT2D eigenvalue weighted by Crippen LogP contribution is -2.16. The van der Waals surface area contributed by atoms with Crippen LogP contribution in [-0.4, -0.2) is 27.1 Å². The van der Waals surface area contributed by atoms with Crippen LogP contribution in [0, 0.1) is 6.92 Å². The molecular formula is C12H13N5O2. The number of nitrogens with two attached hydrogens (primary N) is 1. The molecule has 1 heterocycles. The molecule has 1 aromatic heterocycles. The Morgan fingerprint density at radius 3 is 2.89 bits per heavy atom. The lowest BCUT2D eigenvalue weighted by Gasteiger charge is -2.09. The number of aromatic amines is 1. The van der Waals surface area contributed by atoms with Crippen LogP contribution >= 0.6 is 0 Å². The number of hydrogen-bond donors (Lipinski definition) is 4. The van der Waals surface area contributed by atoms with Gasteiger partial charge in [0, 0.05) is 17.4 Å². The predicted molar refractivity (Wildman–Crippen MR) is 70.2 cm³/mol. The van der Waals surface area contributed by atoms with Crippen LogP contribution in [0.4, 0.5) is 5.69 Å². The summed E-state index contributed by atoms with van der Waals surface area (Å²) in [6, 6.07) is 6.68. The van der Waals surface area contributed by atoms with Crippen molar-refractivity contribution < 1.29 is 10.0 Å². The summed E-state index contributed by atoms with van der Waals surface area (Å²) in [5.74, 6) is -0.325. The van der Waals surface area contributed by atoms with Gasteiger partial charge in [-0.3, -0.25) is 9.89 Å². The molecule has 7 nitrogen and oxygen atoms in total. The van der Waals surface area contributed by atoms with E-state index in [0.29, 0.717) is 16.9 Å². The Kier molecular flexibility index (Phi) is 3.46. The Morgan fingerprint density at radius 2 is 2.26 bits per heavy atom. The summed E-state index contributed by atoms with van der Waals surface area (Å²) < 4.78 is 0. The number of rotatable bonds is 3. The number of hydrogen-bond acceptors (Lipinski definition) is 4. The molecule has 0 bridgehead atoms. The van der Waals surface area contributed by atoms with Gasteiger partial charge in [0.1, 0.15) is 5.69 Å². The predicted octanol–water partition coefficient (Wildman–Crippen LogP) is 1.06. The molecule has 0 atom stereocenters. The van der Waals surface area contributed by atoms with Crippen LogP contribution in [0.25, 0.3) is 0 Å². The van der Waals surface area contributed by atoms with Crippen molar-refractivity contribution in [3.8, 4) is 0 Å². The van der Waals surface area contributed by atoms with Crippen molar-refractivity contribution in [1.82, 2.24) is 10.2 Å². The summed E-state index contributed by atoms with van der Waals surface area (Å²) in [6.07, 6.45) is 1.49. The molecule has 0 aliphatic rings. The van der Waals surface area contributed by atoms with Crippen LogP contribution in [0.3, 0.4) is 0 Å². The third kappa shape index (κ3) is 2.71. The van der Waals surface area contributed by atoms with Crippen molar-refractivity contribution in [1.29, 1.82) is 0 Å². The first-order chi connectivity index (χ1) is 9.11. The number of aromatic nitrogens is 2. The van der Waals surface area contributed by atoms with Gasteiger partial charge < -0.3 is 16.3 Å². The number of benzene rings is 1. The van der Waals surface area contributed by atoms with Crippen LogP contribution < -0.4 is 11.1 Å². The molecule has 2 aromatic rings. The van der Waals surface area contributed by atoms with Crippen molar-refractivity contribution in [3.63, 3.8) is 0 Å². The average Bonchev–Trinajstić information content (AvgIpc) is 2.94. The topological polar surface area (TPSA) is 116 Å². The van der Waals surface area contributed by atoms with Crippen LogP contribution in [-0.2, 0) is 0 Å². The van der Waals surface area contributed by atoms with E-state index in [1.54, 1.807) is 24.3 Å². The quantitative estimate of drug-likeness (QED) is 0.285. The van der Waals surface area contributed by atoms with Crippen LogP contribution in [0.5, 0.6) is 0 Å². The van der Waals surface area contributed by atoms with Gasteiger partial charge in [-0.05, 0) is 24.6 Å². The Hall–Kier alpha value is -2.83. The van der Waals surface area contributed by atoms with E-state index in [1.165, 1.54) is 6.20 Å². The number of aryl methyl sites for hydroxylation is 1. The smallest absolute Gasteiger partial charge is 0.273 e. The van der Waals surface area contributed by atoms with Crippen molar-refractivity contribution >= 4 is 17.4 Å². The van der Waals surface area contributed by atoms with Crippen molar-refractivity contribution in [3.05, 3.63) is 47.3 Å². The van der Waals surface area contributed by atoms with Gasteiger partial charge in [-0.15, -0.1) is 0 Å². The van der Waals surface area contributed by atoms with E-state index in [9.17, 15) is 4.79 Å². The summed E-state index contributed by atoms with van der Waals surface area (Å²) in [7, 11) is 0. The summed E-state index contributed by atoms with van der Waals surface area (Å²) in [6.45, 7) is 1.85. The van der Waals surface area contributed by atoms with E-state index < -0.39 is 0 Å². The van der Waals surface area contributed by atoms with E-state index in [4.69, 9.17) is 10.9 Å².